The van der Waals surface area contributed by atoms with Crippen LogP contribution < -0.4 is 5.73 Å². The highest BCUT2D eigenvalue weighted by atomic mass is 16.7. The summed E-state index contributed by atoms with van der Waals surface area (Å²) in [6.45, 7) is 1.46. The second kappa shape index (κ2) is 10.1. The number of esters is 2. The van der Waals surface area contributed by atoms with Crippen molar-refractivity contribution in [2.45, 2.75) is 75.2 Å². The molecule has 0 saturated carbocycles. The fraction of sp³-hybridized carbons (Fsp3) is 0.875. The summed E-state index contributed by atoms with van der Waals surface area (Å²) in [6, 6.07) is 0. The van der Waals surface area contributed by atoms with Crippen LogP contribution in [0.5, 0.6) is 0 Å². The zero-order chi connectivity index (χ0) is 21.9. The maximum absolute atomic E-state index is 11.1. The van der Waals surface area contributed by atoms with Crippen LogP contribution in [0.25, 0.3) is 0 Å². The predicted octanol–water partition coefficient (Wildman–Crippen LogP) is -4.29. The first kappa shape index (κ1) is 23.9. The van der Waals surface area contributed by atoms with Gasteiger partial charge in [0, 0.05) is 13.8 Å². The van der Waals surface area contributed by atoms with Gasteiger partial charge in [-0.3, -0.25) is 9.59 Å². The molecule has 2 fully saturated rings. The molecule has 2 aliphatic rings. The van der Waals surface area contributed by atoms with E-state index in [4.69, 9.17) is 29.4 Å². The number of carbonyl (C=O) groups excluding carboxylic acids is 2. The van der Waals surface area contributed by atoms with E-state index in [-0.39, 0.29) is 6.61 Å². The Kier molecular flexibility index (Phi) is 8.28. The van der Waals surface area contributed by atoms with Crippen LogP contribution in [0.2, 0.25) is 0 Å². The van der Waals surface area contributed by atoms with Crippen LogP contribution in [0.1, 0.15) is 13.8 Å². The van der Waals surface area contributed by atoms with E-state index in [9.17, 15) is 35.1 Å². The van der Waals surface area contributed by atoms with E-state index in [1.165, 1.54) is 0 Å². The molecule has 2 rings (SSSR count). The molecule has 2 aliphatic heterocycles. The zero-order valence-electron chi connectivity index (χ0n) is 15.9. The van der Waals surface area contributed by atoms with Gasteiger partial charge in [0.2, 0.25) is 0 Å². The molecule has 0 bridgehead atoms. The summed E-state index contributed by atoms with van der Waals surface area (Å²) in [5.41, 5.74) is 5.59. The lowest BCUT2D eigenvalue weighted by atomic mass is 9.96. The Labute approximate surface area is 165 Å². The highest BCUT2D eigenvalue weighted by Crippen LogP contribution is 2.28. The normalized spacial score (nSPS) is 42.9. The SMILES string of the molecule is CC(=O)OCC1OC(OC2C(COC(C)=O)OC(N)C(O)C2O)C(O)C(O)C1O. The van der Waals surface area contributed by atoms with Crippen molar-refractivity contribution in [3.8, 4) is 0 Å². The van der Waals surface area contributed by atoms with Gasteiger partial charge in [-0.05, 0) is 0 Å². The van der Waals surface area contributed by atoms with Gasteiger partial charge in [-0.1, -0.05) is 0 Å². The molecule has 0 aromatic heterocycles. The number of hydrogen-bond donors (Lipinski definition) is 6. The number of carbonyl (C=O) groups is 2. The molecular formula is C16H27NO12. The van der Waals surface area contributed by atoms with E-state index in [1.54, 1.807) is 0 Å². The highest BCUT2D eigenvalue weighted by molar-refractivity contribution is 5.66. The van der Waals surface area contributed by atoms with Gasteiger partial charge in [-0.2, -0.15) is 0 Å². The van der Waals surface area contributed by atoms with E-state index < -0.39 is 79.9 Å². The van der Waals surface area contributed by atoms with Crippen LogP contribution in [0.15, 0.2) is 0 Å². The molecular weight excluding hydrogens is 398 g/mol. The minimum absolute atomic E-state index is 0.387. The van der Waals surface area contributed by atoms with Crippen molar-refractivity contribution in [3.05, 3.63) is 0 Å². The second-order valence-electron chi connectivity index (χ2n) is 6.84. The summed E-state index contributed by atoms with van der Waals surface area (Å²) in [5.74, 6) is -1.30. The number of hydrogen-bond acceptors (Lipinski definition) is 13. The fourth-order valence-corrected chi connectivity index (χ4v) is 2.99. The predicted molar refractivity (Wildman–Crippen MR) is 89.7 cm³/mol. The Bertz CT molecular complexity index is 576. The average molecular weight is 425 g/mol. The monoisotopic (exact) mass is 425 g/mol. The highest BCUT2D eigenvalue weighted by Gasteiger charge is 2.50. The van der Waals surface area contributed by atoms with Crippen LogP contribution in [-0.4, -0.2) is 112 Å². The molecule has 2 saturated heterocycles. The Morgan fingerprint density at radius 1 is 0.793 bits per heavy atom. The Morgan fingerprint density at radius 2 is 1.34 bits per heavy atom. The van der Waals surface area contributed by atoms with Crippen molar-refractivity contribution in [2.75, 3.05) is 13.2 Å². The molecule has 168 valence electrons. The first-order valence-electron chi connectivity index (χ1n) is 8.92. The molecule has 0 aliphatic carbocycles. The largest absolute Gasteiger partial charge is 0.463 e. The van der Waals surface area contributed by atoms with E-state index >= 15 is 0 Å². The number of nitrogens with two attached hydrogens (primary N) is 1. The fourth-order valence-electron chi connectivity index (χ4n) is 2.99. The van der Waals surface area contributed by atoms with Gasteiger partial charge >= 0.3 is 11.9 Å². The quantitative estimate of drug-likeness (QED) is 0.223. The minimum Gasteiger partial charge on any atom is -0.463 e. The number of aliphatic hydroxyl groups excluding tert-OH is 5. The van der Waals surface area contributed by atoms with Gasteiger partial charge in [-0.25, -0.2) is 0 Å². The van der Waals surface area contributed by atoms with Gasteiger partial charge in [0.1, 0.15) is 68.3 Å². The van der Waals surface area contributed by atoms with Gasteiger partial charge in [0.05, 0.1) is 0 Å². The van der Waals surface area contributed by atoms with Crippen molar-refractivity contribution in [3.63, 3.8) is 0 Å². The number of ether oxygens (including phenoxy) is 5. The molecule has 10 atom stereocenters. The minimum atomic E-state index is -1.76. The van der Waals surface area contributed by atoms with E-state index in [2.05, 4.69) is 0 Å². The van der Waals surface area contributed by atoms with Gasteiger partial charge in [0.15, 0.2) is 6.29 Å². The maximum atomic E-state index is 11.1. The number of rotatable bonds is 6. The first-order chi connectivity index (χ1) is 13.5. The molecule has 0 aromatic carbocycles. The van der Waals surface area contributed by atoms with Crippen LogP contribution in [-0.2, 0) is 33.3 Å². The van der Waals surface area contributed by atoms with Crippen LogP contribution in [0.3, 0.4) is 0 Å². The topological polar surface area (TPSA) is 207 Å². The van der Waals surface area contributed by atoms with Crippen molar-refractivity contribution >= 4 is 11.9 Å². The molecule has 7 N–H and O–H groups in total. The lowest BCUT2D eigenvalue weighted by Crippen LogP contribution is -2.65. The molecule has 0 aromatic rings. The summed E-state index contributed by atoms with van der Waals surface area (Å²) >= 11 is 0. The molecule has 0 spiro atoms. The summed E-state index contributed by atoms with van der Waals surface area (Å²) in [6.07, 6.45) is -14.9. The van der Waals surface area contributed by atoms with E-state index in [0.717, 1.165) is 13.8 Å². The molecule has 2 heterocycles. The Morgan fingerprint density at radius 3 is 1.90 bits per heavy atom. The van der Waals surface area contributed by atoms with E-state index in [0.29, 0.717) is 0 Å². The van der Waals surface area contributed by atoms with E-state index in [1.807, 2.05) is 0 Å². The van der Waals surface area contributed by atoms with Crippen LogP contribution in [0.4, 0.5) is 0 Å². The van der Waals surface area contributed by atoms with Crippen LogP contribution >= 0.6 is 0 Å². The van der Waals surface area contributed by atoms with Crippen molar-refractivity contribution < 1.29 is 58.8 Å². The summed E-state index contributed by atoms with van der Waals surface area (Å²) < 4.78 is 25.8. The third-order valence-electron chi connectivity index (χ3n) is 4.58. The lowest BCUT2D eigenvalue weighted by molar-refractivity contribution is -0.342. The summed E-state index contributed by atoms with van der Waals surface area (Å²) in [7, 11) is 0. The third kappa shape index (κ3) is 5.81. The zero-order valence-corrected chi connectivity index (χ0v) is 15.9. The molecule has 0 amide bonds. The maximum Gasteiger partial charge on any atom is 0.302 e. The molecule has 13 nitrogen and oxygen atoms in total. The van der Waals surface area contributed by atoms with Crippen LogP contribution in [0, 0.1) is 0 Å². The van der Waals surface area contributed by atoms with Crippen molar-refractivity contribution in [1.82, 2.24) is 0 Å². The molecule has 10 unspecified atom stereocenters. The first-order valence-corrected chi connectivity index (χ1v) is 8.92. The smallest absolute Gasteiger partial charge is 0.302 e. The van der Waals surface area contributed by atoms with Gasteiger partial charge in [0.25, 0.3) is 0 Å². The van der Waals surface area contributed by atoms with Crippen molar-refractivity contribution in [2.24, 2.45) is 5.73 Å². The second-order valence-corrected chi connectivity index (χ2v) is 6.84. The third-order valence-corrected chi connectivity index (χ3v) is 4.58. The van der Waals surface area contributed by atoms with Gasteiger partial charge in [-0.15, -0.1) is 0 Å². The average Bonchev–Trinajstić information content (AvgIpc) is 2.65. The number of aliphatic hydroxyl groups is 5. The standard InChI is InChI=1S/C16H27NO12/c1-5(18)25-3-7-9(20)10(21)13(24)16(28-7)29-14-8(4-26-6(2)19)27-15(17)12(23)11(14)22/h7-16,20-24H,3-4,17H2,1-2H3. The molecule has 29 heavy (non-hydrogen) atoms. The Balaban J connectivity index is 2.14. The summed E-state index contributed by atoms with van der Waals surface area (Å²) in [4.78, 5) is 22.1. The lowest BCUT2D eigenvalue weighted by Gasteiger charge is -2.45. The molecule has 13 heteroatoms. The van der Waals surface area contributed by atoms with Gasteiger partial charge < -0.3 is 55.0 Å². The Hall–Kier alpha value is -1.42. The van der Waals surface area contributed by atoms with Crippen molar-refractivity contribution in [1.29, 1.82) is 0 Å². The summed E-state index contributed by atoms with van der Waals surface area (Å²) in [5, 5.41) is 50.5. The molecule has 0 radical (unpaired) electrons.